The van der Waals surface area contributed by atoms with Crippen molar-refractivity contribution >= 4 is 17.3 Å². The Hall–Kier alpha value is -1.75. The molecule has 1 unspecified atom stereocenters. The predicted octanol–water partition coefficient (Wildman–Crippen LogP) is 1.95. The molecular formula is C16H23N3O2. The van der Waals surface area contributed by atoms with Crippen LogP contribution in [-0.4, -0.2) is 43.2 Å². The largest absolute Gasteiger partial charge is 0.462 e. The highest BCUT2D eigenvalue weighted by Crippen LogP contribution is 2.30. The average Bonchev–Trinajstić information content (AvgIpc) is 2.50. The van der Waals surface area contributed by atoms with Crippen molar-refractivity contribution < 1.29 is 9.53 Å². The highest BCUT2D eigenvalue weighted by atomic mass is 16.5. The lowest BCUT2D eigenvalue weighted by molar-refractivity contribution is 0.0527. The van der Waals surface area contributed by atoms with Crippen LogP contribution in [0, 0.1) is 5.92 Å². The van der Waals surface area contributed by atoms with Crippen LogP contribution in [0.2, 0.25) is 0 Å². The second-order valence-electron chi connectivity index (χ2n) is 5.91. The molecule has 5 heteroatoms. The standard InChI is InChI=1S/C16H23N3O2/c1-2-21-16(20)13-9-12(3-4-14(13)17)18-15-10-19-7-5-11(15)6-8-19/h3-4,9,11,15,18H,2,5-8,10,17H2,1H3. The van der Waals surface area contributed by atoms with Gasteiger partial charge < -0.3 is 20.7 Å². The molecule has 0 aromatic heterocycles. The number of nitrogens with two attached hydrogens (primary N) is 1. The smallest absolute Gasteiger partial charge is 0.340 e. The third-order valence-electron chi connectivity index (χ3n) is 4.56. The van der Waals surface area contributed by atoms with E-state index in [1.54, 1.807) is 13.0 Å². The van der Waals surface area contributed by atoms with Crippen LogP contribution < -0.4 is 11.1 Å². The summed E-state index contributed by atoms with van der Waals surface area (Å²) in [7, 11) is 0. The van der Waals surface area contributed by atoms with E-state index in [1.807, 2.05) is 12.1 Å². The Bertz CT molecular complexity index is 524. The first-order valence-corrected chi connectivity index (χ1v) is 7.73. The average molecular weight is 289 g/mol. The van der Waals surface area contributed by atoms with Crippen molar-refractivity contribution in [3.05, 3.63) is 23.8 Å². The molecule has 3 N–H and O–H groups in total. The normalized spacial score (nSPS) is 27.4. The topological polar surface area (TPSA) is 67.6 Å². The molecule has 3 aliphatic heterocycles. The number of ether oxygens (including phenoxy) is 1. The van der Waals surface area contributed by atoms with Crippen molar-refractivity contribution in [1.82, 2.24) is 4.90 Å². The van der Waals surface area contributed by atoms with Crippen LogP contribution in [0.4, 0.5) is 11.4 Å². The quantitative estimate of drug-likeness (QED) is 0.655. The lowest BCUT2D eigenvalue weighted by atomic mass is 9.84. The van der Waals surface area contributed by atoms with E-state index in [9.17, 15) is 4.79 Å². The van der Waals surface area contributed by atoms with Crippen molar-refractivity contribution in [2.24, 2.45) is 5.92 Å². The van der Waals surface area contributed by atoms with E-state index in [0.29, 0.717) is 23.9 Å². The zero-order chi connectivity index (χ0) is 14.8. The maximum atomic E-state index is 11.9. The number of carbonyl (C=O) groups excluding carboxylic acids is 1. The Balaban J connectivity index is 1.74. The molecule has 0 saturated carbocycles. The number of carbonyl (C=O) groups is 1. The van der Waals surface area contributed by atoms with E-state index in [-0.39, 0.29) is 5.97 Å². The third kappa shape index (κ3) is 2.97. The van der Waals surface area contributed by atoms with Gasteiger partial charge in [0, 0.05) is 24.0 Å². The fourth-order valence-electron chi connectivity index (χ4n) is 3.37. The zero-order valence-corrected chi connectivity index (χ0v) is 12.5. The van der Waals surface area contributed by atoms with E-state index in [2.05, 4.69) is 10.2 Å². The van der Waals surface area contributed by atoms with Crippen molar-refractivity contribution in [1.29, 1.82) is 0 Å². The molecule has 3 saturated heterocycles. The fraction of sp³-hybridized carbons (Fsp3) is 0.562. The molecule has 2 bridgehead atoms. The van der Waals surface area contributed by atoms with Gasteiger partial charge in [-0.1, -0.05) is 0 Å². The summed E-state index contributed by atoms with van der Waals surface area (Å²) < 4.78 is 5.05. The highest BCUT2D eigenvalue weighted by molar-refractivity contribution is 5.96. The van der Waals surface area contributed by atoms with Crippen molar-refractivity contribution in [3.63, 3.8) is 0 Å². The van der Waals surface area contributed by atoms with Crippen LogP contribution in [0.5, 0.6) is 0 Å². The van der Waals surface area contributed by atoms with Gasteiger partial charge >= 0.3 is 5.97 Å². The van der Waals surface area contributed by atoms with Gasteiger partial charge in [-0.3, -0.25) is 0 Å². The van der Waals surface area contributed by atoms with Gasteiger partial charge in [0.05, 0.1) is 12.2 Å². The summed E-state index contributed by atoms with van der Waals surface area (Å²) in [5.74, 6) is 0.381. The second kappa shape index (κ2) is 5.93. The molecule has 3 heterocycles. The first-order valence-electron chi connectivity index (χ1n) is 7.73. The van der Waals surface area contributed by atoms with E-state index in [1.165, 1.54) is 25.9 Å². The molecule has 1 atom stereocenters. The van der Waals surface area contributed by atoms with Crippen LogP contribution in [0.1, 0.15) is 30.1 Å². The van der Waals surface area contributed by atoms with Crippen LogP contribution >= 0.6 is 0 Å². The molecule has 4 rings (SSSR count). The molecule has 5 nitrogen and oxygen atoms in total. The van der Waals surface area contributed by atoms with Gasteiger partial charge in [-0.2, -0.15) is 0 Å². The molecule has 1 aromatic carbocycles. The Morgan fingerprint density at radius 1 is 1.43 bits per heavy atom. The van der Waals surface area contributed by atoms with Crippen LogP contribution in [0.15, 0.2) is 18.2 Å². The number of fused-ring (bicyclic) bond motifs is 3. The monoisotopic (exact) mass is 289 g/mol. The lowest BCUT2D eigenvalue weighted by Crippen LogP contribution is -2.53. The molecule has 3 fully saturated rings. The van der Waals surface area contributed by atoms with E-state index >= 15 is 0 Å². The van der Waals surface area contributed by atoms with Gasteiger partial charge in [-0.25, -0.2) is 4.79 Å². The number of nitrogen functional groups attached to an aromatic ring is 1. The Labute approximate surface area is 125 Å². The van der Waals surface area contributed by atoms with Crippen molar-refractivity contribution in [2.75, 3.05) is 37.3 Å². The number of nitrogens with zero attached hydrogens (tertiary/aromatic N) is 1. The highest BCUT2D eigenvalue weighted by Gasteiger charge is 2.33. The second-order valence-corrected chi connectivity index (χ2v) is 5.91. The summed E-state index contributed by atoms with van der Waals surface area (Å²) >= 11 is 0. The maximum absolute atomic E-state index is 11.9. The molecule has 3 aliphatic rings. The molecule has 21 heavy (non-hydrogen) atoms. The number of piperidine rings is 3. The third-order valence-corrected chi connectivity index (χ3v) is 4.56. The number of hydrogen-bond acceptors (Lipinski definition) is 5. The summed E-state index contributed by atoms with van der Waals surface area (Å²) in [4.78, 5) is 14.4. The summed E-state index contributed by atoms with van der Waals surface area (Å²) in [5, 5.41) is 3.57. The molecule has 0 amide bonds. The van der Waals surface area contributed by atoms with Crippen LogP contribution in [0.25, 0.3) is 0 Å². The Kier molecular flexibility index (Phi) is 4.01. The van der Waals surface area contributed by atoms with Crippen molar-refractivity contribution in [2.45, 2.75) is 25.8 Å². The van der Waals surface area contributed by atoms with Crippen LogP contribution in [0.3, 0.4) is 0 Å². The number of esters is 1. The molecule has 1 aromatic rings. The molecule has 0 aliphatic carbocycles. The Morgan fingerprint density at radius 2 is 2.19 bits per heavy atom. The van der Waals surface area contributed by atoms with Gasteiger partial charge in [-0.15, -0.1) is 0 Å². The SMILES string of the molecule is CCOC(=O)c1cc(NC2CN3CCC2CC3)ccc1N. The molecule has 114 valence electrons. The minimum absolute atomic E-state index is 0.354. The van der Waals surface area contributed by atoms with Gasteiger partial charge in [-0.05, 0) is 57.0 Å². The molecule has 0 radical (unpaired) electrons. The first kappa shape index (κ1) is 14.2. The number of hydrogen-bond donors (Lipinski definition) is 2. The fourth-order valence-corrected chi connectivity index (χ4v) is 3.37. The number of anilines is 2. The predicted molar refractivity (Wildman–Crippen MR) is 83.4 cm³/mol. The lowest BCUT2D eigenvalue weighted by Gasteiger charge is -2.45. The molecule has 0 spiro atoms. The van der Waals surface area contributed by atoms with E-state index in [4.69, 9.17) is 10.5 Å². The van der Waals surface area contributed by atoms with Gasteiger partial charge in [0.15, 0.2) is 0 Å². The van der Waals surface area contributed by atoms with Crippen LogP contribution in [-0.2, 0) is 4.74 Å². The zero-order valence-electron chi connectivity index (χ0n) is 12.5. The van der Waals surface area contributed by atoms with E-state index in [0.717, 1.165) is 18.2 Å². The van der Waals surface area contributed by atoms with E-state index < -0.39 is 0 Å². The number of rotatable bonds is 4. The number of benzene rings is 1. The maximum Gasteiger partial charge on any atom is 0.340 e. The minimum atomic E-state index is -0.354. The Morgan fingerprint density at radius 3 is 2.81 bits per heavy atom. The van der Waals surface area contributed by atoms with Gasteiger partial charge in [0.25, 0.3) is 0 Å². The molecular weight excluding hydrogens is 266 g/mol. The first-order chi connectivity index (χ1) is 10.2. The van der Waals surface area contributed by atoms with Gasteiger partial charge in [0.2, 0.25) is 0 Å². The summed E-state index contributed by atoms with van der Waals surface area (Å²) in [6, 6.07) is 5.99. The summed E-state index contributed by atoms with van der Waals surface area (Å²) in [5.41, 5.74) is 7.74. The van der Waals surface area contributed by atoms with Crippen molar-refractivity contribution in [3.8, 4) is 0 Å². The summed E-state index contributed by atoms with van der Waals surface area (Å²) in [6.45, 7) is 5.68. The summed E-state index contributed by atoms with van der Waals surface area (Å²) in [6.07, 6.45) is 2.52. The van der Waals surface area contributed by atoms with Gasteiger partial charge in [0.1, 0.15) is 0 Å². The number of nitrogens with one attached hydrogen (secondary N) is 1. The minimum Gasteiger partial charge on any atom is -0.462 e.